The van der Waals surface area contributed by atoms with E-state index in [0.29, 0.717) is 17.5 Å². The van der Waals surface area contributed by atoms with E-state index in [4.69, 9.17) is 19.9 Å². The van der Waals surface area contributed by atoms with Crippen LogP contribution in [0.15, 0.2) is 194 Å². The Bertz CT molecular complexity index is 3130. The minimum absolute atomic E-state index is 0.647. The van der Waals surface area contributed by atoms with Gasteiger partial charge in [0.2, 0.25) is 0 Å². The number of pyridine rings is 3. The van der Waals surface area contributed by atoms with Gasteiger partial charge >= 0.3 is 0 Å². The molecule has 6 nitrogen and oxygen atoms in total. The Kier molecular flexibility index (Phi) is 8.04. The molecular formula is C52H32N6. The van der Waals surface area contributed by atoms with E-state index in [-0.39, 0.29) is 0 Å². The van der Waals surface area contributed by atoms with E-state index >= 15 is 0 Å². The second kappa shape index (κ2) is 14.0. The molecule has 0 atom stereocenters. The molecule has 0 radical (unpaired) electrons. The smallest absolute Gasteiger partial charge is 0.164 e. The van der Waals surface area contributed by atoms with Gasteiger partial charge < -0.3 is 0 Å². The fourth-order valence-corrected chi connectivity index (χ4v) is 8.01. The van der Waals surface area contributed by atoms with E-state index < -0.39 is 0 Å². The Morgan fingerprint density at radius 1 is 0.276 bits per heavy atom. The number of hydrogen-bond donors (Lipinski definition) is 0. The first kappa shape index (κ1) is 33.4. The monoisotopic (exact) mass is 740 g/mol. The van der Waals surface area contributed by atoms with Crippen molar-refractivity contribution in [3.8, 4) is 79.2 Å². The number of hydrogen-bond acceptors (Lipinski definition) is 6. The Morgan fingerprint density at radius 3 is 1.28 bits per heavy atom. The molecular weight excluding hydrogens is 709 g/mol. The molecule has 0 amide bonds. The second-order valence-corrected chi connectivity index (χ2v) is 14.3. The molecule has 7 aromatic carbocycles. The van der Waals surface area contributed by atoms with Gasteiger partial charge in [-0.25, -0.2) is 19.9 Å². The third-order valence-electron chi connectivity index (χ3n) is 10.8. The fraction of sp³-hybridized carbons (Fsp3) is 0. The molecule has 0 aliphatic carbocycles. The summed E-state index contributed by atoms with van der Waals surface area (Å²) in [5.41, 5.74) is 10.6. The van der Waals surface area contributed by atoms with Crippen molar-refractivity contribution in [2.45, 2.75) is 0 Å². The molecule has 6 heteroatoms. The molecule has 0 fully saturated rings. The highest BCUT2D eigenvalue weighted by Gasteiger charge is 2.19. The zero-order valence-electron chi connectivity index (χ0n) is 31.2. The van der Waals surface area contributed by atoms with Gasteiger partial charge in [0.05, 0.1) is 22.8 Å². The van der Waals surface area contributed by atoms with Gasteiger partial charge in [0.25, 0.3) is 0 Å². The molecule has 4 heterocycles. The largest absolute Gasteiger partial charge is 0.255 e. The zero-order valence-corrected chi connectivity index (χ0v) is 31.2. The van der Waals surface area contributed by atoms with Gasteiger partial charge in [-0.2, -0.15) is 0 Å². The number of aromatic nitrogens is 6. The zero-order chi connectivity index (χ0) is 38.4. The highest BCUT2D eigenvalue weighted by molar-refractivity contribution is 6.27. The van der Waals surface area contributed by atoms with Crippen LogP contribution in [-0.2, 0) is 0 Å². The Balaban J connectivity index is 1.03. The standard InChI is InChI=1S/C52H32N6/c1-3-11-37(12-4-1)50-56-51(38-13-5-2-6-14-38)58-52(57-50)43-28-24-36-22-26-41-40(25-21-35-23-27-42(43)49(36)48(35)41)34-19-17-33(18-20-34)39-31-46(44-15-7-9-29-53-44)55-47(32-39)45-16-8-10-30-54-45/h1-32H. The number of rotatable bonds is 7. The van der Waals surface area contributed by atoms with Crippen molar-refractivity contribution in [1.82, 2.24) is 29.9 Å². The highest BCUT2D eigenvalue weighted by atomic mass is 15.0. The molecule has 0 spiro atoms. The van der Waals surface area contributed by atoms with E-state index in [1.54, 1.807) is 12.4 Å². The van der Waals surface area contributed by atoms with Crippen molar-refractivity contribution in [1.29, 1.82) is 0 Å². The summed E-state index contributed by atoms with van der Waals surface area (Å²) in [5.74, 6) is 1.94. The molecule has 0 aliphatic heterocycles. The van der Waals surface area contributed by atoms with Crippen LogP contribution in [0.1, 0.15) is 0 Å². The van der Waals surface area contributed by atoms with Crippen LogP contribution in [0, 0.1) is 0 Å². The van der Waals surface area contributed by atoms with Crippen molar-refractivity contribution >= 4 is 32.3 Å². The first-order valence-corrected chi connectivity index (χ1v) is 19.3. The summed E-state index contributed by atoms with van der Waals surface area (Å²) in [7, 11) is 0. The first-order valence-electron chi connectivity index (χ1n) is 19.3. The Morgan fingerprint density at radius 2 is 0.741 bits per heavy atom. The van der Waals surface area contributed by atoms with Gasteiger partial charge in [0.15, 0.2) is 17.5 Å². The molecule has 0 saturated heterocycles. The molecule has 0 N–H and O–H groups in total. The van der Waals surface area contributed by atoms with E-state index in [0.717, 1.165) is 61.5 Å². The predicted octanol–water partition coefficient (Wildman–Crippen LogP) is 12.6. The maximum atomic E-state index is 5.09. The van der Waals surface area contributed by atoms with Gasteiger partial charge in [-0.15, -0.1) is 0 Å². The third-order valence-corrected chi connectivity index (χ3v) is 10.8. The summed E-state index contributed by atoms with van der Waals surface area (Å²) in [4.78, 5) is 29.3. The fourth-order valence-electron chi connectivity index (χ4n) is 8.01. The average Bonchev–Trinajstić information content (AvgIpc) is 3.31. The van der Waals surface area contributed by atoms with E-state index in [1.165, 1.54) is 32.5 Å². The molecule has 4 aromatic heterocycles. The lowest BCUT2D eigenvalue weighted by Gasteiger charge is -2.17. The third kappa shape index (κ3) is 5.92. The summed E-state index contributed by atoms with van der Waals surface area (Å²) in [6.07, 6.45) is 3.60. The van der Waals surface area contributed by atoms with Crippen molar-refractivity contribution in [2.24, 2.45) is 0 Å². The number of benzene rings is 7. The van der Waals surface area contributed by atoms with Crippen LogP contribution in [-0.4, -0.2) is 29.9 Å². The number of nitrogens with zero attached hydrogens (tertiary/aromatic N) is 6. The van der Waals surface area contributed by atoms with Crippen molar-refractivity contribution in [3.63, 3.8) is 0 Å². The topological polar surface area (TPSA) is 77.3 Å². The van der Waals surface area contributed by atoms with Crippen LogP contribution in [0.4, 0.5) is 0 Å². The molecule has 0 bridgehead atoms. The van der Waals surface area contributed by atoms with Crippen molar-refractivity contribution < 1.29 is 0 Å². The lowest BCUT2D eigenvalue weighted by molar-refractivity contribution is 1.08. The molecule has 11 rings (SSSR count). The molecule has 270 valence electrons. The first-order chi connectivity index (χ1) is 28.7. The maximum absolute atomic E-state index is 5.09. The average molecular weight is 741 g/mol. The minimum atomic E-state index is 0.647. The molecule has 0 saturated carbocycles. The summed E-state index contributed by atoms with van der Waals surface area (Å²) in [5, 5.41) is 7.11. The van der Waals surface area contributed by atoms with E-state index in [9.17, 15) is 0 Å². The summed E-state index contributed by atoms with van der Waals surface area (Å²) in [6.45, 7) is 0. The van der Waals surface area contributed by atoms with Crippen LogP contribution in [0.3, 0.4) is 0 Å². The van der Waals surface area contributed by atoms with Crippen LogP contribution < -0.4 is 0 Å². The van der Waals surface area contributed by atoms with Gasteiger partial charge in [0, 0.05) is 29.1 Å². The normalized spacial score (nSPS) is 11.4. The second-order valence-electron chi connectivity index (χ2n) is 14.3. The Labute approximate surface area is 334 Å². The Hall–Kier alpha value is -7.96. The summed E-state index contributed by atoms with van der Waals surface area (Å²) in [6, 6.07) is 62.8. The van der Waals surface area contributed by atoms with Crippen molar-refractivity contribution in [2.75, 3.05) is 0 Å². The summed E-state index contributed by atoms with van der Waals surface area (Å²) < 4.78 is 0. The molecule has 0 unspecified atom stereocenters. The SMILES string of the molecule is c1ccc(-c2nc(-c3ccccc3)nc(-c3ccc4ccc5c(-c6ccc(-c7cc(-c8ccccn8)nc(-c8ccccn8)c7)cc6)ccc6ccc3c4c65)n2)cc1. The van der Waals surface area contributed by atoms with Gasteiger partial charge in [-0.3, -0.25) is 9.97 Å². The summed E-state index contributed by atoms with van der Waals surface area (Å²) >= 11 is 0. The maximum Gasteiger partial charge on any atom is 0.164 e. The van der Waals surface area contributed by atoms with Gasteiger partial charge in [0.1, 0.15) is 0 Å². The molecule has 11 aromatic rings. The van der Waals surface area contributed by atoms with Crippen LogP contribution in [0.25, 0.3) is 112 Å². The van der Waals surface area contributed by atoms with Gasteiger partial charge in [-0.05, 0) is 97.0 Å². The lowest BCUT2D eigenvalue weighted by Crippen LogP contribution is -2.00. The quantitative estimate of drug-likeness (QED) is 0.151. The molecule has 58 heavy (non-hydrogen) atoms. The highest BCUT2D eigenvalue weighted by Crippen LogP contribution is 2.42. The predicted molar refractivity (Wildman–Crippen MR) is 235 cm³/mol. The van der Waals surface area contributed by atoms with E-state index in [1.807, 2.05) is 97.1 Å². The van der Waals surface area contributed by atoms with Gasteiger partial charge in [-0.1, -0.05) is 140 Å². The van der Waals surface area contributed by atoms with E-state index in [2.05, 4.69) is 94.9 Å². The van der Waals surface area contributed by atoms with Crippen molar-refractivity contribution in [3.05, 3.63) is 194 Å². The van der Waals surface area contributed by atoms with Crippen LogP contribution >= 0.6 is 0 Å². The minimum Gasteiger partial charge on any atom is -0.255 e. The molecule has 0 aliphatic rings. The lowest BCUT2D eigenvalue weighted by atomic mass is 9.88. The van der Waals surface area contributed by atoms with Crippen LogP contribution in [0.5, 0.6) is 0 Å². The van der Waals surface area contributed by atoms with Crippen LogP contribution in [0.2, 0.25) is 0 Å².